The average molecular weight is 223 g/mol. The van der Waals surface area contributed by atoms with E-state index >= 15 is 0 Å². The Labute approximate surface area is 87.6 Å². The van der Waals surface area contributed by atoms with Crippen LogP contribution in [0.3, 0.4) is 0 Å². The third kappa shape index (κ3) is 1.40. The Kier molecular flexibility index (Phi) is 2.42. The molecule has 1 heterocycles. The Morgan fingerprint density at radius 2 is 2.07 bits per heavy atom. The summed E-state index contributed by atoms with van der Waals surface area (Å²) in [6, 6.07) is 6.30. The highest BCUT2D eigenvalue weighted by molar-refractivity contribution is 8.18. The lowest BCUT2D eigenvalue weighted by molar-refractivity contribution is -0.120. The predicted octanol–water partition coefficient (Wildman–Crippen LogP) is 0.358. The molecule has 0 saturated heterocycles. The summed E-state index contributed by atoms with van der Waals surface area (Å²) < 4.78 is 11.9. The molecule has 5 heteroatoms. The first-order chi connectivity index (χ1) is 7.16. The highest BCUT2D eigenvalue weighted by Gasteiger charge is 2.25. The minimum Gasteiger partial charge on any atom is -0.797 e. The van der Waals surface area contributed by atoms with Crippen molar-refractivity contribution in [3.8, 4) is 0 Å². The van der Waals surface area contributed by atoms with Gasteiger partial charge in [0.1, 0.15) is 18.0 Å². The second kappa shape index (κ2) is 3.60. The van der Waals surface area contributed by atoms with Gasteiger partial charge in [-0.15, -0.1) is 0 Å². The first-order valence-corrected chi connectivity index (χ1v) is 5.38. The number of carbonyl (C=O) groups excluding carboxylic acids is 2. The van der Waals surface area contributed by atoms with Crippen LogP contribution >= 0.6 is 10.8 Å². The van der Waals surface area contributed by atoms with Crippen LogP contribution in [0.25, 0.3) is 5.76 Å². The molecule has 0 amide bonds. The lowest BCUT2D eigenvalue weighted by atomic mass is 10.1. The molecule has 1 aromatic rings. The van der Waals surface area contributed by atoms with Gasteiger partial charge >= 0.3 is 0 Å². The standard InChI is InChI=1S/C10H7O4S/c11-5-7-9(12)6-3-1-2-4-8(6)15(14)10(7)13/h1-5,7H,(H-,12,13,14)/q-1. The molecule has 0 spiro atoms. The first kappa shape index (κ1) is 10.1. The Morgan fingerprint density at radius 1 is 1.40 bits per heavy atom. The van der Waals surface area contributed by atoms with Crippen molar-refractivity contribution in [1.29, 1.82) is 0 Å². The number of benzene rings is 1. The number of carbonyl (C=O) groups is 2. The van der Waals surface area contributed by atoms with Gasteiger partial charge in [-0.1, -0.05) is 18.2 Å². The Morgan fingerprint density at radius 3 is 2.73 bits per heavy atom. The minimum absolute atomic E-state index is 0.262. The molecule has 0 fully saturated rings. The SMILES string of the molecule is O=CC1C(=O)S([O-])=c2ccccc2=C1O. The van der Waals surface area contributed by atoms with Gasteiger partial charge in [0.15, 0.2) is 5.12 Å². The van der Waals surface area contributed by atoms with Crippen molar-refractivity contribution in [3.63, 3.8) is 0 Å². The van der Waals surface area contributed by atoms with Gasteiger partial charge in [-0.05, 0) is 6.07 Å². The summed E-state index contributed by atoms with van der Waals surface area (Å²) in [5.41, 5.74) is 0. The second-order valence-electron chi connectivity index (χ2n) is 3.08. The fourth-order valence-corrected chi connectivity index (χ4v) is 2.65. The predicted molar refractivity (Wildman–Crippen MR) is 53.9 cm³/mol. The molecule has 0 radical (unpaired) electrons. The maximum absolute atomic E-state index is 11.6. The Hall–Kier alpha value is -1.46. The van der Waals surface area contributed by atoms with Gasteiger partial charge in [-0.25, -0.2) is 0 Å². The maximum atomic E-state index is 11.6. The van der Waals surface area contributed by atoms with Crippen LogP contribution in [-0.2, 0) is 9.59 Å². The topological polar surface area (TPSA) is 77.4 Å². The van der Waals surface area contributed by atoms with Gasteiger partial charge in [0.25, 0.3) is 0 Å². The van der Waals surface area contributed by atoms with Crippen molar-refractivity contribution >= 4 is 27.9 Å². The molecule has 0 aliphatic carbocycles. The summed E-state index contributed by atoms with van der Waals surface area (Å²) in [6.07, 6.45) is 0.311. The zero-order valence-corrected chi connectivity index (χ0v) is 8.36. The smallest absolute Gasteiger partial charge is 0.188 e. The lowest BCUT2D eigenvalue weighted by Crippen LogP contribution is -2.26. The number of aliphatic hydroxyl groups excluding tert-OH is 1. The molecule has 0 saturated carbocycles. The summed E-state index contributed by atoms with van der Waals surface area (Å²) >= 11 is 0. The van der Waals surface area contributed by atoms with E-state index in [0.717, 1.165) is 0 Å². The highest BCUT2D eigenvalue weighted by Crippen LogP contribution is 2.24. The molecule has 1 aliphatic rings. The van der Waals surface area contributed by atoms with E-state index in [-0.39, 0.29) is 10.3 Å². The van der Waals surface area contributed by atoms with E-state index in [9.17, 15) is 19.2 Å². The largest absolute Gasteiger partial charge is 0.797 e. The quantitative estimate of drug-likeness (QED) is 0.423. The molecular weight excluding hydrogens is 216 g/mol. The molecule has 15 heavy (non-hydrogen) atoms. The molecule has 1 N–H and O–H groups in total. The van der Waals surface area contributed by atoms with E-state index in [1.807, 2.05) is 0 Å². The van der Waals surface area contributed by atoms with E-state index < -0.39 is 21.8 Å². The number of rotatable bonds is 1. The van der Waals surface area contributed by atoms with E-state index in [0.29, 0.717) is 11.5 Å². The van der Waals surface area contributed by atoms with Crippen molar-refractivity contribution in [2.45, 2.75) is 0 Å². The van der Waals surface area contributed by atoms with E-state index in [1.165, 1.54) is 12.1 Å². The summed E-state index contributed by atoms with van der Waals surface area (Å²) in [5.74, 6) is -1.61. The van der Waals surface area contributed by atoms with E-state index in [2.05, 4.69) is 0 Å². The molecule has 78 valence electrons. The number of aliphatic hydroxyl groups is 1. The van der Waals surface area contributed by atoms with Gasteiger partial charge < -0.3 is 14.5 Å². The van der Waals surface area contributed by atoms with Crippen molar-refractivity contribution < 1.29 is 19.2 Å². The Bertz CT molecular complexity index is 561. The van der Waals surface area contributed by atoms with Crippen molar-refractivity contribution in [1.82, 2.24) is 0 Å². The molecule has 0 aromatic heterocycles. The highest BCUT2D eigenvalue weighted by atomic mass is 32.2. The van der Waals surface area contributed by atoms with Crippen LogP contribution in [0, 0.1) is 10.4 Å². The molecule has 2 unspecified atom stereocenters. The van der Waals surface area contributed by atoms with Gasteiger partial charge in [0.05, 0.1) is 0 Å². The van der Waals surface area contributed by atoms with Crippen LogP contribution in [0.5, 0.6) is 0 Å². The van der Waals surface area contributed by atoms with Crippen LogP contribution in [0.1, 0.15) is 0 Å². The van der Waals surface area contributed by atoms with E-state index in [4.69, 9.17) is 0 Å². The van der Waals surface area contributed by atoms with Gasteiger partial charge in [-0.2, -0.15) is 10.8 Å². The zero-order valence-electron chi connectivity index (χ0n) is 7.54. The van der Waals surface area contributed by atoms with Crippen molar-refractivity contribution in [3.05, 3.63) is 34.0 Å². The number of hydrogen-bond acceptors (Lipinski definition) is 4. The normalized spacial score (nSPS) is 24.9. The first-order valence-electron chi connectivity index (χ1n) is 4.23. The fraction of sp³-hybridized carbons (Fsp3) is 0.100. The average Bonchev–Trinajstić information content (AvgIpc) is 2.27. The molecule has 4 nitrogen and oxygen atoms in total. The van der Waals surface area contributed by atoms with Crippen molar-refractivity contribution in [2.24, 2.45) is 5.92 Å². The molecular formula is C10H7O4S-. The molecule has 2 rings (SSSR count). The van der Waals surface area contributed by atoms with Crippen LogP contribution < -0.4 is 5.22 Å². The van der Waals surface area contributed by atoms with Crippen LogP contribution in [-0.4, -0.2) is 21.1 Å². The third-order valence-electron chi connectivity index (χ3n) is 2.23. The molecule has 2 atom stereocenters. The van der Waals surface area contributed by atoms with Crippen molar-refractivity contribution in [2.75, 3.05) is 0 Å². The number of fused-ring (bicyclic) bond motifs is 1. The second-order valence-corrected chi connectivity index (χ2v) is 4.46. The summed E-state index contributed by atoms with van der Waals surface area (Å²) in [6.45, 7) is 0. The van der Waals surface area contributed by atoms with Gasteiger partial charge in [0.2, 0.25) is 0 Å². The van der Waals surface area contributed by atoms with E-state index in [1.54, 1.807) is 12.1 Å². The molecule has 1 aliphatic heterocycles. The summed E-state index contributed by atoms with van der Waals surface area (Å²) in [5, 5.41) is 9.19. The Balaban J connectivity index is 2.94. The molecule has 0 bridgehead atoms. The van der Waals surface area contributed by atoms with Gasteiger partial charge in [0, 0.05) is 9.73 Å². The van der Waals surface area contributed by atoms with Crippen LogP contribution in [0.15, 0.2) is 24.3 Å². The van der Waals surface area contributed by atoms with Gasteiger partial charge in [-0.3, -0.25) is 4.79 Å². The molecule has 1 aromatic carbocycles. The fourth-order valence-electron chi connectivity index (χ4n) is 1.46. The van der Waals surface area contributed by atoms with Crippen LogP contribution in [0.2, 0.25) is 0 Å². The summed E-state index contributed by atoms with van der Waals surface area (Å²) in [7, 11) is -1.86. The lowest BCUT2D eigenvalue weighted by Gasteiger charge is -2.21. The number of aldehydes is 1. The zero-order chi connectivity index (χ0) is 11.0. The maximum Gasteiger partial charge on any atom is 0.188 e. The number of hydrogen-bond donors (Lipinski definition) is 1. The minimum atomic E-state index is -1.86. The van der Waals surface area contributed by atoms with Crippen LogP contribution in [0.4, 0.5) is 0 Å². The third-order valence-corrected chi connectivity index (χ3v) is 3.60. The monoisotopic (exact) mass is 223 g/mol. The summed E-state index contributed by atoms with van der Waals surface area (Å²) in [4.78, 5) is 22.0.